The zero-order valence-electron chi connectivity index (χ0n) is 15.2. The second-order valence-electron chi connectivity index (χ2n) is 5.99. The van der Waals surface area contributed by atoms with Crippen LogP contribution in [0.1, 0.15) is 0 Å². The summed E-state index contributed by atoms with van der Waals surface area (Å²) < 4.78 is 38.2. The van der Waals surface area contributed by atoms with Crippen LogP contribution in [-0.4, -0.2) is 30.7 Å². The molecule has 9 nitrogen and oxygen atoms in total. The van der Waals surface area contributed by atoms with Gasteiger partial charge in [0.2, 0.25) is 11.4 Å². The Morgan fingerprint density at radius 3 is 2.63 bits per heavy atom. The van der Waals surface area contributed by atoms with E-state index in [1.54, 1.807) is 0 Å². The van der Waals surface area contributed by atoms with Crippen molar-refractivity contribution in [2.45, 2.75) is 4.90 Å². The summed E-state index contributed by atoms with van der Waals surface area (Å²) in [6.45, 7) is 0. The lowest BCUT2D eigenvalue weighted by Crippen LogP contribution is -2.27. The molecule has 0 saturated carbocycles. The second kappa shape index (κ2) is 7.63. The number of ether oxygens (including phenoxy) is 1. The number of H-pyrrole nitrogens is 1. The Kier molecular flexibility index (Phi) is 5.14. The standard InChI is InChI=1S/C18H12Cl2N4O5S/c1-28-18-14(9-12(19)17(20)22-18)24(15-6-7-29-23-15)30(26,27)11-3-4-13-10(8-11)2-5-16(25)21-13/h2-9H,1H3,(H,21,25). The molecule has 0 atom stereocenters. The molecule has 0 aliphatic heterocycles. The Balaban J connectivity index is 1.96. The normalized spacial score (nSPS) is 11.6. The van der Waals surface area contributed by atoms with Crippen LogP contribution in [0, 0.1) is 0 Å². The number of aromatic amines is 1. The Labute approximate surface area is 179 Å². The van der Waals surface area contributed by atoms with Gasteiger partial charge >= 0.3 is 0 Å². The van der Waals surface area contributed by atoms with E-state index in [0.717, 1.165) is 4.31 Å². The molecular formula is C18H12Cl2N4O5S. The van der Waals surface area contributed by atoms with Crippen molar-refractivity contribution in [3.8, 4) is 5.88 Å². The number of methoxy groups -OCH3 is 1. The van der Waals surface area contributed by atoms with Crippen LogP contribution in [0.4, 0.5) is 11.5 Å². The number of hydrogen-bond donors (Lipinski definition) is 1. The van der Waals surface area contributed by atoms with Gasteiger partial charge in [0.1, 0.15) is 12.0 Å². The summed E-state index contributed by atoms with van der Waals surface area (Å²) in [5.41, 5.74) is 0.180. The molecule has 0 aliphatic carbocycles. The Morgan fingerprint density at radius 1 is 1.13 bits per heavy atom. The molecule has 4 aromatic rings. The number of pyridine rings is 2. The zero-order chi connectivity index (χ0) is 21.5. The second-order valence-corrected chi connectivity index (χ2v) is 8.54. The van der Waals surface area contributed by atoms with Crippen molar-refractivity contribution in [1.82, 2.24) is 15.1 Å². The summed E-state index contributed by atoms with van der Waals surface area (Å²) in [5, 5.41) is 4.24. The van der Waals surface area contributed by atoms with Crippen LogP contribution >= 0.6 is 23.2 Å². The highest BCUT2D eigenvalue weighted by atomic mass is 35.5. The lowest BCUT2D eigenvalue weighted by atomic mass is 10.2. The SMILES string of the molecule is COc1nc(Cl)c(Cl)cc1N(c1ccon1)S(=O)(=O)c1ccc2[nH]c(=O)ccc2c1. The van der Waals surface area contributed by atoms with Crippen molar-refractivity contribution in [1.29, 1.82) is 0 Å². The Bertz CT molecular complexity index is 1400. The minimum Gasteiger partial charge on any atom is -0.479 e. The molecule has 1 aromatic carbocycles. The van der Waals surface area contributed by atoms with Gasteiger partial charge in [0.15, 0.2) is 11.0 Å². The van der Waals surface area contributed by atoms with Gasteiger partial charge in [-0.1, -0.05) is 28.4 Å². The molecule has 0 unspecified atom stereocenters. The minimum absolute atomic E-state index is 0.0117. The highest BCUT2D eigenvalue weighted by Crippen LogP contribution is 2.40. The van der Waals surface area contributed by atoms with Crippen LogP contribution in [0.5, 0.6) is 5.88 Å². The van der Waals surface area contributed by atoms with E-state index in [1.807, 2.05) is 0 Å². The van der Waals surface area contributed by atoms with Crippen LogP contribution < -0.4 is 14.6 Å². The third kappa shape index (κ3) is 3.49. The third-order valence-electron chi connectivity index (χ3n) is 4.16. The maximum Gasteiger partial charge on any atom is 0.270 e. The number of halogens is 2. The molecule has 0 amide bonds. The highest BCUT2D eigenvalue weighted by Gasteiger charge is 2.32. The summed E-state index contributed by atoms with van der Waals surface area (Å²) in [6, 6.07) is 9.77. The predicted octanol–water partition coefficient (Wildman–Crippen LogP) is 3.75. The minimum atomic E-state index is -4.24. The molecule has 0 bridgehead atoms. The summed E-state index contributed by atoms with van der Waals surface area (Å²) in [5.74, 6) is -0.129. The van der Waals surface area contributed by atoms with Crippen molar-refractivity contribution in [2.75, 3.05) is 11.4 Å². The molecule has 0 saturated heterocycles. The molecule has 0 spiro atoms. The van der Waals surface area contributed by atoms with Crippen molar-refractivity contribution in [3.05, 3.63) is 69.3 Å². The molecule has 3 heterocycles. The molecule has 12 heteroatoms. The zero-order valence-corrected chi connectivity index (χ0v) is 17.5. The van der Waals surface area contributed by atoms with Gasteiger partial charge in [0, 0.05) is 17.6 Å². The van der Waals surface area contributed by atoms with Gasteiger partial charge in [0.05, 0.1) is 17.0 Å². The molecule has 154 valence electrons. The topological polar surface area (TPSA) is 118 Å². The monoisotopic (exact) mass is 466 g/mol. The number of fused-ring (bicyclic) bond motifs is 1. The molecule has 0 radical (unpaired) electrons. The third-order valence-corrected chi connectivity index (χ3v) is 6.54. The number of nitrogens with one attached hydrogen (secondary N) is 1. The molecule has 0 aliphatic rings. The van der Waals surface area contributed by atoms with Gasteiger partial charge in [0.25, 0.3) is 10.0 Å². The average Bonchev–Trinajstić information content (AvgIpc) is 3.24. The van der Waals surface area contributed by atoms with Crippen molar-refractivity contribution < 1.29 is 17.7 Å². The van der Waals surface area contributed by atoms with Gasteiger partial charge in [-0.3, -0.25) is 4.79 Å². The van der Waals surface area contributed by atoms with E-state index >= 15 is 0 Å². The van der Waals surface area contributed by atoms with E-state index < -0.39 is 10.0 Å². The van der Waals surface area contributed by atoms with E-state index in [2.05, 4.69) is 15.1 Å². The molecule has 1 N–H and O–H groups in total. The van der Waals surface area contributed by atoms with E-state index in [-0.39, 0.29) is 38.0 Å². The van der Waals surface area contributed by atoms with E-state index in [0.29, 0.717) is 10.9 Å². The summed E-state index contributed by atoms with van der Waals surface area (Å²) in [4.78, 5) is 18.1. The summed E-state index contributed by atoms with van der Waals surface area (Å²) in [6.07, 6.45) is 1.22. The number of benzene rings is 1. The maximum absolute atomic E-state index is 13.6. The van der Waals surface area contributed by atoms with Crippen LogP contribution in [0.3, 0.4) is 0 Å². The number of rotatable bonds is 5. The van der Waals surface area contributed by atoms with Gasteiger partial charge in [-0.25, -0.2) is 12.7 Å². The van der Waals surface area contributed by atoms with Gasteiger partial charge < -0.3 is 14.2 Å². The molecular weight excluding hydrogens is 455 g/mol. The van der Waals surface area contributed by atoms with Crippen molar-refractivity contribution in [2.24, 2.45) is 0 Å². The largest absolute Gasteiger partial charge is 0.479 e. The number of anilines is 2. The van der Waals surface area contributed by atoms with E-state index in [4.69, 9.17) is 32.5 Å². The van der Waals surface area contributed by atoms with Crippen molar-refractivity contribution >= 4 is 55.6 Å². The summed E-state index contributed by atoms with van der Waals surface area (Å²) in [7, 11) is -2.93. The number of sulfonamides is 1. The molecule has 3 aromatic heterocycles. The van der Waals surface area contributed by atoms with Gasteiger partial charge in [-0.2, -0.15) is 4.98 Å². The predicted molar refractivity (Wildman–Crippen MR) is 111 cm³/mol. The molecule has 30 heavy (non-hydrogen) atoms. The first-order chi connectivity index (χ1) is 14.3. The van der Waals surface area contributed by atoms with Crippen LogP contribution in [0.15, 0.2) is 62.9 Å². The van der Waals surface area contributed by atoms with E-state index in [1.165, 1.54) is 55.8 Å². The van der Waals surface area contributed by atoms with Crippen LogP contribution in [0.25, 0.3) is 10.9 Å². The van der Waals surface area contributed by atoms with Crippen LogP contribution in [0.2, 0.25) is 10.2 Å². The fraction of sp³-hybridized carbons (Fsp3) is 0.0556. The lowest BCUT2D eigenvalue weighted by molar-refractivity contribution is 0.398. The fourth-order valence-electron chi connectivity index (χ4n) is 2.82. The lowest BCUT2D eigenvalue weighted by Gasteiger charge is -2.23. The molecule has 0 fully saturated rings. The van der Waals surface area contributed by atoms with E-state index in [9.17, 15) is 13.2 Å². The van der Waals surface area contributed by atoms with Gasteiger partial charge in [-0.15, -0.1) is 0 Å². The Morgan fingerprint density at radius 2 is 1.93 bits per heavy atom. The highest BCUT2D eigenvalue weighted by molar-refractivity contribution is 7.93. The summed E-state index contributed by atoms with van der Waals surface area (Å²) >= 11 is 12.0. The quantitative estimate of drug-likeness (QED) is 0.444. The smallest absolute Gasteiger partial charge is 0.270 e. The first kappa shape index (κ1) is 20.2. The first-order valence-corrected chi connectivity index (χ1v) is 10.5. The number of hydrogen-bond acceptors (Lipinski definition) is 7. The fourth-order valence-corrected chi connectivity index (χ4v) is 4.56. The van der Waals surface area contributed by atoms with Crippen molar-refractivity contribution in [3.63, 3.8) is 0 Å². The first-order valence-electron chi connectivity index (χ1n) is 8.30. The van der Waals surface area contributed by atoms with Crippen LogP contribution in [-0.2, 0) is 10.0 Å². The average molecular weight is 467 g/mol. The number of aromatic nitrogens is 3. The number of nitrogens with zero attached hydrogens (tertiary/aromatic N) is 3. The Hall–Kier alpha value is -3.08. The maximum atomic E-state index is 13.6. The van der Waals surface area contributed by atoms with Gasteiger partial charge in [-0.05, 0) is 35.7 Å². The molecule has 4 rings (SSSR count).